The highest BCUT2D eigenvalue weighted by molar-refractivity contribution is 7.89. The SMILES string of the molecule is C[C@H]1CCCC[C@@H]1N(C)S(=O)(=O)c1ccc(N2CCCC2=O)cc1. The molecule has 24 heavy (non-hydrogen) atoms. The van der Waals surface area contributed by atoms with Crippen LogP contribution in [-0.2, 0) is 14.8 Å². The highest BCUT2D eigenvalue weighted by Crippen LogP contribution is 2.31. The molecule has 1 saturated heterocycles. The Labute approximate surface area is 144 Å². The zero-order valence-electron chi connectivity index (χ0n) is 14.4. The molecule has 0 bridgehead atoms. The molecular weight excluding hydrogens is 324 g/mol. The van der Waals surface area contributed by atoms with Crippen molar-refractivity contribution in [1.29, 1.82) is 0 Å². The summed E-state index contributed by atoms with van der Waals surface area (Å²) in [6.45, 7) is 2.85. The number of anilines is 1. The summed E-state index contributed by atoms with van der Waals surface area (Å²) in [5.74, 6) is 0.499. The normalized spacial score (nSPS) is 25.5. The lowest BCUT2D eigenvalue weighted by atomic mass is 9.86. The second kappa shape index (κ2) is 6.84. The van der Waals surface area contributed by atoms with Crippen molar-refractivity contribution in [2.24, 2.45) is 5.92 Å². The summed E-state index contributed by atoms with van der Waals surface area (Å²) in [6.07, 6.45) is 5.72. The Kier molecular flexibility index (Phi) is 4.97. The fraction of sp³-hybridized carbons (Fsp3) is 0.611. The number of carbonyl (C=O) groups excluding carboxylic acids is 1. The molecule has 6 heteroatoms. The van der Waals surface area contributed by atoms with Gasteiger partial charge < -0.3 is 4.90 Å². The van der Waals surface area contributed by atoms with E-state index in [0.29, 0.717) is 23.8 Å². The fourth-order valence-electron chi connectivity index (χ4n) is 3.90. The van der Waals surface area contributed by atoms with Crippen molar-refractivity contribution in [1.82, 2.24) is 4.31 Å². The lowest BCUT2D eigenvalue weighted by molar-refractivity contribution is -0.117. The van der Waals surface area contributed by atoms with Gasteiger partial charge in [0.15, 0.2) is 0 Å². The number of hydrogen-bond donors (Lipinski definition) is 0. The van der Waals surface area contributed by atoms with Gasteiger partial charge in [0.05, 0.1) is 4.90 Å². The number of benzene rings is 1. The summed E-state index contributed by atoms with van der Waals surface area (Å²) >= 11 is 0. The Bertz CT molecular complexity index is 699. The molecule has 0 N–H and O–H groups in total. The lowest BCUT2D eigenvalue weighted by Crippen LogP contribution is -2.42. The molecule has 3 rings (SSSR count). The van der Waals surface area contributed by atoms with Gasteiger partial charge in [-0.3, -0.25) is 4.79 Å². The molecule has 1 aromatic carbocycles. The zero-order chi connectivity index (χ0) is 17.3. The molecule has 1 aromatic rings. The van der Waals surface area contributed by atoms with Crippen LogP contribution in [0.2, 0.25) is 0 Å². The van der Waals surface area contributed by atoms with E-state index in [9.17, 15) is 13.2 Å². The average Bonchev–Trinajstić information content (AvgIpc) is 3.01. The predicted molar refractivity (Wildman–Crippen MR) is 94.4 cm³/mol. The first kappa shape index (κ1) is 17.4. The minimum absolute atomic E-state index is 0.0728. The minimum atomic E-state index is -3.50. The number of nitrogens with zero attached hydrogens (tertiary/aromatic N) is 2. The first-order valence-corrected chi connectivity index (χ1v) is 10.2. The first-order valence-electron chi connectivity index (χ1n) is 8.80. The van der Waals surface area contributed by atoms with Crippen molar-refractivity contribution in [2.45, 2.75) is 56.4 Å². The van der Waals surface area contributed by atoms with Crippen molar-refractivity contribution >= 4 is 21.6 Å². The van der Waals surface area contributed by atoms with Crippen LogP contribution in [0.15, 0.2) is 29.2 Å². The van der Waals surface area contributed by atoms with Crippen LogP contribution >= 0.6 is 0 Å². The highest BCUT2D eigenvalue weighted by Gasteiger charge is 2.33. The third kappa shape index (κ3) is 3.22. The maximum atomic E-state index is 12.9. The van der Waals surface area contributed by atoms with Gasteiger partial charge in [0.1, 0.15) is 0 Å². The van der Waals surface area contributed by atoms with Gasteiger partial charge >= 0.3 is 0 Å². The number of sulfonamides is 1. The third-order valence-electron chi connectivity index (χ3n) is 5.43. The summed E-state index contributed by atoms with van der Waals surface area (Å²) in [5, 5.41) is 0. The molecule has 1 aliphatic carbocycles. The van der Waals surface area contributed by atoms with E-state index < -0.39 is 10.0 Å². The van der Waals surface area contributed by atoms with Gasteiger partial charge in [-0.1, -0.05) is 19.8 Å². The number of amides is 1. The van der Waals surface area contributed by atoms with Crippen LogP contribution in [0.1, 0.15) is 45.4 Å². The Morgan fingerprint density at radius 2 is 1.75 bits per heavy atom. The molecule has 2 atom stereocenters. The van der Waals surface area contributed by atoms with E-state index >= 15 is 0 Å². The molecule has 0 aromatic heterocycles. The summed E-state index contributed by atoms with van der Waals surface area (Å²) in [6, 6.07) is 6.81. The molecule has 0 spiro atoms. The molecular formula is C18H26N2O3S. The van der Waals surface area contributed by atoms with Crippen molar-refractivity contribution in [3.8, 4) is 0 Å². The third-order valence-corrected chi connectivity index (χ3v) is 7.33. The zero-order valence-corrected chi connectivity index (χ0v) is 15.3. The van der Waals surface area contributed by atoms with Crippen molar-refractivity contribution in [3.63, 3.8) is 0 Å². The number of rotatable bonds is 4. The molecule has 1 amide bonds. The topological polar surface area (TPSA) is 57.7 Å². The summed E-state index contributed by atoms with van der Waals surface area (Å²) in [7, 11) is -1.80. The minimum Gasteiger partial charge on any atom is -0.312 e. The van der Waals surface area contributed by atoms with Gasteiger partial charge in [-0.15, -0.1) is 0 Å². The van der Waals surface area contributed by atoms with Crippen LogP contribution in [0.25, 0.3) is 0 Å². The van der Waals surface area contributed by atoms with Gasteiger partial charge in [0.2, 0.25) is 15.9 Å². The van der Waals surface area contributed by atoms with Crippen molar-refractivity contribution < 1.29 is 13.2 Å². The predicted octanol–water partition coefficient (Wildman–Crippen LogP) is 3.01. The fourth-order valence-corrected chi connectivity index (χ4v) is 5.38. The molecule has 1 saturated carbocycles. The van der Waals surface area contributed by atoms with Gasteiger partial charge in [0.25, 0.3) is 0 Å². The van der Waals surface area contributed by atoms with E-state index in [-0.39, 0.29) is 11.9 Å². The molecule has 1 heterocycles. The van der Waals surface area contributed by atoms with E-state index in [1.54, 1.807) is 40.5 Å². The molecule has 0 unspecified atom stereocenters. The second-order valence-corrected chi connectivity index (χ2v) is 8.99. The van der Waals surface area contributed by atoms with Crippen LogP contribution in [-0.4, -0.2) is 38.3 Å². The quantitative estimate of drug-likeness (QED) is 0.839. The summed E-state index contributed by atoms with van der Waals surface area (Å²) < 4.78 is 27.4. The van der Waals surface area contributed by atoms with E-state index in [1.165, 1.54) is 6.42 Å². The van der Waals surface area contributed by atoms with Gasteiger partial charge in [-0.25, -0.2) is 8.42 Å². The summed E-state index contributed by atoms with van der Waals surface area (Å²) in [5.41, 5.74) is 0.783. The van der Waals surface area contributed by atoms with Crippen molar-refractivity contribution in [3.05, 3.63) is 24.3 Å². The molecule has 5 nitrogen and oxygen atoms in total. The second-order valence-electron chi connectivity index (χ2n) is 6.99. The van der Waals surface area contributed by atoms with Crippen LogP contribution < -0.4 is 4.90 Å². The maximum Gasteiger partial charge on any atom is 0.243 e. The molecule has 132 valence electrons. The molecule has 0 radical (unpaired) electrons. The van der Waals surface area contributed by atoms with E-state index in [4.69, 9.17) is 0 Å². The van der Waals surface area contributed by atoms with E-state index in [2.05, 4.69) is 6.92 Å². The number of carbonyl (C=O) groups is 1. The largest absolute Gasteiger partial charge is 0.312 e. The Morgan fingerprint density at radius 1 is 1.08 bits per heavy atom. The lowest BCUT2D eigenvalue weighted by Gasteiger charge is -2.35. The van der Waals surface area contributed by atoms with Gasteiger partial charge in [-0.05, 0) is 49.4 Å². The van der Waals surface area contributed by atoms with Crippen LogP contribution in [0.5, 0.6) is 0 Å². The van der Waals surface area contributed by atoms with Crippen molar-refractivity contribution in [2.75, 3.05) is 18.5 Å². The van der Waals surface area contributed by atoms with E-state index in [1.807, 2.05) is 0 Å². The number of hydrogen-bond acceptors (Lipinski definition) is 3. The Morgan fingerprint density at radius 3 is 2.33 bits per heavy atom. The van der Waals surface area contributed by atoms with E-state index in [0.717, 1.165) is 31.4 Å². The average molecular weight is 350 g/mol. The highest BCUT2D eigenvalue weighted by atomic mass is 32.2. The summed E-state index contributed by atoms with van der Waals surface area (Å²) in [4.78, 5) is 13.8. The maximum absolute atomic E-state index is 12.9. The smallest absolute Gasteiger partial charge is 0.243 e. The van der Waals surface area contributed by atoms with Gasteiger partial charge in [0, 0.05) is 31.7 Å². The monoisotopic (exact) mass is 350 g/mol. The molecule has 2 fully saturated rings. The first-order chi connectivity index (χ1) is 11.4. The van der Waals surface area contributed by atoms with Crippen LogP contribution in [0.3, 0.4) is 0 Å². The standard InChI is InChI=1S/C18H26N2O3S/c1-14-6-3-4-7-17(14)19(2)24(22,23)16-11-9-15(10-12-16)20-13-5-8-18(20)21/h9-12,14,17H,3-8,13H2,1-2H3/t14-,17-/m0/s1. The van der Waals surface area contributed by atoms with Crippen LogP contribution in [0.4, 0.5) is 5.69 Å². The Hall–Kier alpha value is -1.40. The Balaban J connectivity index is 1.80. The van der Waals surface area contributed by atoms with Gasteiger partial charge in [-0.2, -0.15) is 4.31 Å². The molecule has 1 aliphatic heterocycles. The molecule has 2 aliphatic rings. The van der Waals surface area contributed by atoms with Crippen LogP contribution in [0, 0.1) is 5.92 Å².